The maximum Gasteiger partial charge on any atom is 0.190 e. The van der Waals surface area contributed by atoms with Gasteiger partial charge in [0.05, 0.1) is 10.0 Å². The van der Waals surface area contributed by atoms with Crippen molar-refractivity contribution in [3.05, 3.63) is 46.4 Å². The minimum Gasteiger partial charge on any atom is -0.448 e. The highest BCUT2D eigenvalue weighted by atomic mass is 35.5. The molecule has 0 unspecified atom stereocenters. The van der Waals surface area contributed by atoms with Gasteiger partial charge in [-0.1, -0.05) is 35.3 Å². The highest BCUT2D eigenvalue weighted by molar-refractivity contribution is 6.35. The van der Waals surface area contributed by atoms with E-state index in [4.69, 9.17) is 32.7 Å². The second kappa shape index (κ2) is 3.58. The first-order valence-corrected chi connectivity index (χ1v) is 5.44. The molecule has 0 saturated heterocycles. The summed E-state index contributed by atoms with van der Waals surface area (Å²) in [5.74, 6) is 2.21. The zero-order chi connectivity index (χ0) is 11.1. The maximum absolute atomic E-state index is 6.02. The molecule has 0 atom stereocenters. The van der Waals surface area contributed by atoms with Crippen LogP contribution in [0.2, 0.25) is 10.0 Å². The first-order valence-electron chi connectivity index (χ1n) is 4.68. The van der Waals surface area contributed by atoms with Gasteiger partial charge in [0.1, 0.15) is 0 Å². The first kappa shape index (κ1) is 9.82. The summed E-state index contributed by atoms with van der Waals surface area (Å²) in [6.45, 7) is 0. The Bertz CT molecular complexity index is 517. The number of hydrogen-bond acceptors (Lipinski definition) is 2. The molecule has 1 aliphatic heterocycles. The lowest BCUT2D eigenvalue weighted by atomic mass is 10.2. The van der Waals surface area contributed by atoms with E-state index in [1.165, 1.54) is 0 Å². The molecule has 16 heavy (non-hydrogen) atoms. The molecule has 0 aliphatic carbocycles. The molecule has 0 amide bonds. The largest absolute Gasteiger partial charge is 0.448 e. The van der Waals surface area contributed by atoms with Crippen molar-refractivity contribution in [3.8, 4) is 23.0 Å². The van der Waals surface area contributed by atoms with Gasteiger partial charge >= 0.3 is 0 Å². The summed E-state index contributed by atoms with van der Waals surface area (Å²) in [6, 6.07) is 10.7. The summed E-state index contributed by atoms with van der Waals surface area (Å²) < 4.78 is 11.3. The number of rotatable bonds is 0. The quantitative estimate of drug-likeness (QED) is 0.567. The van der Waals surface area contributed by atoms with E-state index >= 15 is 0 Å². The zero-order valence-electron chi connectivity index (χ0n) is 8.04. The van der Waals surface area contributed by atoms with Crippen LogP contribution < -0.4 is 9.47 Å². The number of benzene rings is 2. The van der Waals surface area contributed by atoms with E-state index in [0.717, 1.165) is 0 Å². The van der Waals surface area contributed by atoms with Crippen molar-refractivity contribution in [2.24, 2.45) is 0 Å². The molecule has 3 rings (SSSR count). The van der Waals surface area contributed by atoms with E-state index in [1.807, 2.05) is 24.3 Å². The van der Waals surface area contributed by atoms with Crippen molar-refractivity contribution in [2.45, 2.75) is 0 Å². The van der Waals surface area contributed by atoms with Crippen LogP contribution in [0.15, 0.2) is 36.4 Å². The van der Waals surface area contributed by atoms with Crippen LogP contribution in [-0.4, -0.2) is 0 Å². The number of fused-ring (bicyclic) bond motifs is 2. The summed E-state index contributed by atoms with van der Waals surface area (Å²) in [7, 11) is 0. The fraction of sp³-hybridized carbons (Fsp3) is 0. The number of hydrogen-bond donors (Lipinski definition) is 0. The predicted molar refractivity (Wildman–Crippen MR) is 63.1 cm³/mol. The maximum atomic E-state index is 6.02. The molecule has 0 saturated carbocycles. The van der Waals surface area contributed by atoms with E-state index in [1.54, 1.807) is 12.1 Å². The van der Waals surface area contributed by atoms with E-state index < -0.39 is 0 Å². The third kappa shape index (κ3) is 1.42. The number of para-hydroxylation sites is 2. The van der Waals surface area contributed by atoms with Gasteiger partial charge in [0, 0.05) is 0 Å². The minimum atomic E-state index is 0.466. The van der Waals surface area contributed by atoms with Gasteiger partial charge in [-0.05, 0) is 24.3 Å². The molecule has 4 heteroatoms. The molecule has 0 aromatic heterocycles. The van der Waals surface area contributed by atoms with Crippen LogP contribution in [0.5, 0.6) is 23.0 Å². The molecule has 80 valence electrons. The van der Waals surface area contributed by atoms with E-state index in [9.17, 15) is 0 Å². The number of halogens is 2. The second-order valence-corrected chi connectivity index (χ2v) is 4.15. The molecule has 1 heterocycles. The van der Waals surface area contributed by atoms with Crippen LogP contribution >= 0.6 is 23.2 Å². The molecule has 2 nitrogen and oxygen atoms in total. The molecular weight excluding hydrogens is 247 g/mol. The van der Waals surface area contributed by atoms with Crippen molar-refractivity contribution >= 4 is 23.2 Å². The van der Waals surface area contributed by atoms with Gasteiger partial charge in [-0.3, -0.25) is 0 Å². The van der Waals surface area contributed by atoms with Gasteiger partial charge in [0.2, 0.25) is 0 Å². The normalized spacial score (nSPS) is 12.1. The van der Waals surface area contributed by atoms with Gasteiger partial charge in [0.15, 0.2) is 23.0 Å². The molecular formula is C12H6Cl2O2. The Labute approximate surface area is 102 Å². The monoisotopic (exact) mass is 252 g/mol. The van der Waals surface area contributed by atoms with Crippen molar-refractivity contribution in [3.63, 3.8) is 0 Å². The third-order valence-corrected chi connectivity index (χ3v) is 2.88. The van der Waals surface area contributed by atoms with Crippen molar-refractivity contribution in [1.82, 2.24) is 0 Å². The fourth-order valence-corrected chi connectivity index (χ4v) is 1.92. The molecule has 0 N–H and O–H groups in total. The Kier molecular flexibility index (Phi) is 2.20. The predicted octanol–water partition coefficient (Wildman–Crippen LogP) is 4.89. The third-order valence-electron chi connectivity index (χ3n) is 2.29. The second-order valence-electron chi connectivity index (χ2n) is 3.34. The van der Waals surface area contributed by atoms with Crippen molar-refractivity contribution in [2.75, 3.05) is 0 Å². The fourth-order valence-electron chi connectivity index (χ4n) is 1.54. The van der Waals surface area contributed by atoms with Crippen LogP contribution in [0.25, 0.3) is 0 Å². The average molecular weight is 253 g/mol. The first-order chi connectivity index (χ1) is 7.75. The molecule has 0 spiro atoms. The Hall–Kier alpha value is -1.38. The van der Waals surface area contributed by atoms with Crippen molar-refractivity contribution < 1.29 is 9.47 Å². The van der Waals surface area contributed by atoms with Gasteiger partial charge in [-0.15, -0.1) is 0 Å². The lowest BCUT2D eigenvalue weighted by Crippen LogP contribution is -1.99. The Morgan fingerprint density at radius 1 is 0.688 bits per heavy atom. The van der Waals surface area contributed by atoms with Crippen LogP contribution in [0.4, 0.5) is 0 Å². The van der Waals surface area contributed by atoms with Gasteiger partial charge < -0.3 is 9.47 Å². The van der Waals surface area contributed by atoms with E-state index in [0.29, 0.717) is 33.0 Å². The minimum absolute atomic E-state index is 0.466. The molecule has 0 bridgehead atoms. The zero-order valence-corrected chi connectivity index (χ0v) is 9.55. The summed E-state index contributed by atoms with van der Waals surface area (Å²) in [4.78, 5) is 0. The van der Waals surface area contributed by atoms with Crippen LogP contribution in [-0.2, 0) is 0 Å². The van der Waals surface area contributed by atoms with Crippen LogP contribution in [0.3, 0.4) is 0 Å². The van der Waals surface area contributed by atoms with Crippen LogP contribution in [0.1, 0.15) is 0 Å². The number of ether oxygens (including phenoxy) is 2. The molecule has 2 aromatic rings. The van der Waals surface area contributed by atoms with E-state index in [2.05, 4.69) is 0 Å². The summed E-state index contributed by atoms with van der Waals surface area (Å²) in [5.41, 5.74) is 0. The average Bonchev–Trinajstić information content (AvgIpc) is 2.32. The molecule has 0 radical (unpaired) electrons. The van der Waals surface area contributed by atoms with E-state index in [-0.39, 0.29) is 0 Å². The van der Waals surface area contributed by atoms with Crippen LogP contribution in [0, 0.1) is 0 Å². The highest BCUT2D eigenvalue weighted by Crippen LogP contribution is 2.51. The smallest absolute Gasteiger partial charge is 0.190 e. The Morgan fingerprint density at radius 2 is 1.12 bits per heavy atom. The Morgan fingerprint density at radius 3 is 1.56 bits per heavy atom. The van der Waals surface area contributed by atoms with Gasteiger partial charge in [-0.25, -0.2) is 0 Å². The SMILES string of the molecule is Clc1ccc(Cl)c2c1Oc1ccccc1O2. The topological polar surface area (TPSA) is 18.5 Å². The molecule has 1 aliphatic rings. The lowest BCUT2D eigenvalue weighted by molar-refractivity contribution is 0.360. The van der Waals surface area contributed by atoms with Crippen molar-refractivity contribution in [1.29, 1.82) is 0 Å². The Balaban J connectivity index is 2.19. The standard InChI is InChI=1S/C12H6Cl2O2/c13-7-5-6-8(14)12-11(7)15-9-3-1-2-4-10(9)16-12/h1-6H. The highest BCUT2D eigenvalue weighted by Gasteiger charge is 2.23. The van der Waals surface area contributed by atoms with Gasteiger partial charge in [0.25, 0.3) is 0 Å². The molecule has 2 aromatic carbocycles. The summed E-state index contributed by atoms with van der Waals surface area (Å²) in [5, 5.41) is 0.961. The summed E-state index contributed by atoms with van der Waals surface area (Å²) in [6.07, 6.45) is 0. The van der Waals surface area contributed by atoms with Gasteiger partial charge in [-0.2, -0.15) is 0 Å². The lowest BCUT2D eigenvalue weighted by Gasteiger charge is -2.21. The molecule has 0 fully saturated rings. The summed E-state index contributed by atoms with van der Waals surface area (Å²) >= 11 is 12.0.